The number of fused-ring (bicyclic) bond motifs is 4. The Hall–Kier alpha value is -3.35. The highest BCUT2D eigenvalue weighted by Crippen LogP contribution is 2.40. The van der Waals surface area contributed by atoms with Crippen LogP contribution in [0.15, 0.2) is 67.0 Å². The zero-order valence-corrected chi connectivity index (χ0v) is 19.9. The average molecular weight is 467 g/mol. The van der Waals surface area contributed by atoms with Crippen LogP contribution in [-0.4, -0.2) is 28.6 Å². The van der Waals surface area contributed by atoms with Gasteiger partial charge < -0.3 is 10.1 Å². The van der Waals surface area contributed by atoms with Gasteiger partial charge in [-0.25, -0.2) is 4.98 Å². The van der Waals surface area contributed by atoms with Gasteiger partial charge in [0.25, 0.3) is 0 Å². The van der Waals surface area contributed by atoms with E-state index in [-0.39, 0.29) is 6.04 Å². The molecule has 0 spiro atoms. The van der Waals surface area contributed by atoms with E-state index in [9.17, 15) is 0 Å². The Morgan fingerprint density at radius 3 is 2.65 bits per heavy atom. The molecule has 170 valence electrons. The normalized spacial score (nSPS) is 14.3. The molecule has 1 atom stereocenters. The summed E-state index contributed by atoms with van der Waals surface area (Å²) >= 11 is 1.80. The van der Waals surface area contributed by atoms with Crippen molar-refractivity contribution < 1.29 is 4.74 Å². The van der Waals surface area contributed by atoms with E-state index in [0.717, 1.165) is 28.6 Å². The third kappa shape index (κ3) is 3.93. The molecule has 0 fully saturated rings. The fourth-order valence-corrected chi connectivity index (χ4v) is 6.04. The van der Waals surface area contributed by atoms with Crippen molar-refractivity contribution in [2.45, 2.75) is 31.7 Å². The molecule has 0 unspecified atom stereocenters. The van der Waals surface area contributed by atoms with Crippen LogP contribution in [0, 0.1) is 0 Å². The Morgan fingerprint density at radius 1 is 0.971 bits per heavy atom. The summed E-state index contributed by atoms with van der Waals surface area (Å²) in [5.41, 5.74) is 3.54. The van der Waals surface area contributed by atoms with Gasteiger partial charge in [-0.2, -0.15) is 4.98 Å². The molecule has 3 aromatic heterocycles. The summed E-state index contributed by atoms with van der Waals surface area (Å²) in [7, 11) is 1.98. The SMILES string of the molecule is CN[C@H](COc1nc(-c2ccncc2)nc2sc3c(c12)CCCC3)c1ccc2ccccc2c1. The molecule has 0 aliphatic heterocycles. The molecule has 0 saturated heterocycles. The fourth-order valence-electron chi connectivity index (χ4n) is 4.79. The third-order valence-electron chi connectivity index (χ3n) is 6.63. The van der Waals surface area contributed by atoms with Crippen LogP contribution in [-0.2, 0) is 12.8 Å². The topological polar surface area (TPSA) is 59.9 Å². The van der Waals surface area contributed by atoms with E-state index >= 15 is 0 Å². The summed E-state index contributed by atoms with van der Waals surface area (Å²) in [5.74, 6) is 1.38. The van der Waals surface area contributed by atoms with E-state index in [0.29, 0.717) is 18.3 Å². The summed E-state index contributed by atoms with van der Waals surface area (Å²) in [6.07, 6.45) is 8.20. The van der Waals surface area contributed by atoms with Crippen LogP contribution in [0.4, 0.5) is 0 Å². The van der Waals surface area contributed by atoms with E-state index in [1.54, 1.807) is 23.7 Å². The van der Waals surface area contributed by atoms with E-state index < -0.39 is 0 Å². The van der Waals surface area contributed by atoms with Gasteiger partial charge in [-0.3, -0.25) is 4.98 Å². The number of nitrogens with one attached hydrogen (secondary N) is 1. The lowest BCUT2D eigenvalue weighted by Gasteiger charge is -2.19. The minimum absolute atomic E-state index is 0.0495. The second kappa shape index (κ2) is 9.12. The molecule has 0 radical (unpaired) electrons. The molecule has 3 heterocycles. The maximum absolute atomic E-state index is 6.50. The highest BCUT2D eigenvalue weighted by molar-refractivity contribution is 7.18. The van der Waals surface area contributed by atoms with Crippen molar-refractivity contribution in [1.29, 1.82) is 0 Å². The van der Waals surface area contributed by atoms with Crippen molar-refractivity contribution >= 4 is 32.3 Å². The molecular formula is C28H26N4OS. The molecule has 1 N–H and O–H groups in total. The maximum Gasteiger partial charge on any atom is 0.226 e. The van der Waals surface area contributed by atoms with E-state index in [1.165, 1.54) is 39.6 Å². The van der Waals surface area contributed by atoms with Gasteiger partial charge in [0.1, 0.15) is 11.4 Å². The zero-order chi connectivity index (χ0) is 22.9. The average Bonchev–Trinajstić information content (AvgIpc) is 3.28. The summed E-state index contributed by atoms with van der Waals surface area (Å²) in [4.78, 5) is 16.5. The molecule has 0 bridgehead atoms. The number of pyridine rings is 1. The van der Waals surface area contributed by atoms with Crippen LogP contribution in [0.3, 0.4) is 0 Å². The molecule has 6 heteroatoms. The predicted octanol–water partition coefficient (Wildman–Crippen LogP) is 6.12. The number of aryl methyl sites for hydroxylation is 2. The highest BCUT2D eigenvalue weighted by Gasteiger charge is 2.23. The Morgan fingerprint density at radius 2 is 1.79 bits per heavy atom. The van der Waals surface area contributed by atoms with Gasteiger partial charge in [0.2, 0.25) is 5.88 Å². The number of hydrogen-bond donors (Lipinski definition) is 1. The summed E-state index contributed by atoms with van der Waals surface area (Å²) in [6, 6.07) is 19.0. The minimum atomic E-state index is 0.0495. The molecule has 6 rings (SSSR count). The number of thiophene rings is 1. The lowest BCUT2D eigenvalue weighted by atomic mass is 9.97. The van der Waals surface area contributed by atoms with Crippen LogP contribution in [0.25, 0.3) is 32.4 Å². The summed E-state index contributed by atoms with van der Waals surface area (Å²) < 4.78 is 6.50. The largest absolute Gasteiger partial charge is 0.475 e. The van der Waals surface area contributed by atoms with Gasteiger partial charge in [-0.15, -0.1) is 11.3 Å². The van der Waals surface area contributed by atoms with Gasteiger partial charge in [0, 0.05) is 22.8 Å². The molecule has 0 saturated carbocycles. The highest BCUT2D eigenvalue weighted by atomic mass is 32.1. The molecule has 1 aliphatic carbocycles. The number of ether oxygens (including phenoxy) is 1. The molecule has 2 aromatic carbocycles. The second-order valence-corrected chi connectivity index (χ2v) is 9.82. The van der Waals surface area contributed by atoms with Crippen molar-refractivity contribution in [3.63, 3.8) is 0 Å². The first-order valence-electron chi connectivity index (χ1n) is 11.8. The van der Waals surface area contributed by atoms with Crippen LogP contribution in [0.5, 0.6) is 5.88 Å². The summed E-state index contributed by atoms with van der Waals surface area (Å²) in [6.45, 7) is 0.487. The second-order valence-electron chi connectivity index (χ2n) is 8.74. The van der Waals surface area contributed by atoms with Crippen LogP contribution < -0.4 is 10.1 Å². The Balaban J connectivity index is 1.38. The number of benzene rings is 2. The van der Waals surface area contributed by atoms with Crippen LogP contribution >= 0.6 is 11.3 Å². The number of rotatable bonds is 6. The van der Waals surface area contributed by atoms with Crippen LogP contribution in [0.2, 0.25) is 0 Å². The van der Waals surface area contributed by atoms with Gasteiger partial charge in [0.05, 0.1) is 11.4 Å². The van der Waals surface area contributed by atoms with Crippen molar-refractivity contribution in [2.24, 2.45) is 0 Å². The molecular weight excluding hydrogens is 440 g/mol. The van der Waals surface area contributed by atoms with Crippen LogP contribution in [0.1, 0.15) is 34.9 Å². The van der Waals surface area contributed by atoms with E-state index in [4.69, 9.17) is 14.7 Å². The maximum atomic E-state index is 6.50. The lowest BCUT2D eigenvalue weighted by molar-refractivity contribution is 0.267. The van der Waals surface area contributed by atoms with Crippen molar-refractivity contribution in [2.75, 3.05) is 13.7 Å². The number of aromatic nitrogens is 3. The zero-order valence-electron chi connectivity index (χ0n) is 19.1. The van der Waals surface area contributed by atoms with Gasteiger partial charge in [0.15, 0.2) is 5.82 Å². The van der Waals surface area contributed by atoms with Gasteiger partial charge in [-0.05, 0) is 72.8 Å². The van der Waals surface area contributed by atoms with Crippen molar-refractivity contribution in [1.82, 2.24) is 20.3 Å². The molecule has 0 amide bonds. The standard InChI is InChI=1S/C28H26N4OS/c1-29-23(21-11-10-18-6-2-3-7-20(18)16-21)17-33-27-25-22-8-4-5-9-24(22)34-28(25)32-26(31-27)19-12-14-30-15-13-19/h2-3,6-7,10-16,23,29H,4-5,8-9,17H2,1H3/t23-/m1/s1. The quantitative estimate of drug-likeness (QED) is 0.326. The molecule has 5 nitrogen and oxygen atoms in total. The Bertz CT molecular complexity index is 1460. The Labute approximate surface area is 202 Å². The third-order valence-corrected chi connectivity index (χ3v) is 7.82. The first kappa shape index (κ1) is 21.2. The van der Waals surface area contributed by atoms with Crippen molar-refractivity contribution in [3.05, 3.63) is 83.0 Å². The van der Waals surface area contributed by atoms with E-state index in [1.807, 2.05) is 19.2 Å². The number of likely N-dealkylation sites (N-methyl/N-ethyl adjacent to an activating group) is 1. The minimum Gasteiger partial charge on any atom is -0.475 e. The lowest BCUT2D eigenvalue weighted by Crippen LogP contribution is -2.23. The summed E-state index contributed by atoms with van der Waals surface area (Å²) in [5, 5.41) is 7.01. The van der Waals surface area contributed by atoms with Crippen molar-refractivity contribution in [3.8, 4) is 17.3 Å². The number of hydrogen-bond acceptors (Lipinski definition) is 6. The number of nitrogens with zero attached hydrogens (tertiary/aromatic N) is 3. The first-order valence-corrected chi connectivity index (χ1v) is 12.6. The molecule has 1 aliphatic rings. The van der Waals surface area contributed by atoms with Gasteiger partial charge in [-0.1, -0.05) is 36.4 Å². The Kier molecular flexibility index (Phi) is 5.69. The monoisotopic (exact) mass is 466 g/mol. The first-order chi connectivity index (χ1) is 16.8. The fraction of sp³-hybridized carbons (Fsp3) is 0.250. The molecule has 5 aromatic rings. The van der Waals surface area contributed by atoms with E-state index in [2.05, 4.69) is 52.8 Å². The molecule has 34 heavy (non-hydrogen) atoms. The smallest absolute Gasteiger partial charge is 0.226 e. The predicted molar refractivity (Wildman–Crippen MR) is 139 cm³/mol. The van der Waals surface area contributed by atoms with Gasteiger partial charge >= 0.3 is 0 Å².